The second kappa shape index (κ2) is 7.00. The average Bonchev–Trinajstić information content (AvgIpc) is 2.88. The Hall–Kier alpha value is -2.08. The molecule has 3 amide bonds. The summed E-state index contributed by atoms with van der Waals surface area (Å²) in [6.07, 6.45) is 0.438. The van der Waals surface area contributed by atoms with Gasteiger partial charge in [-0.2, -0.15) is 0 Å². The van der Waals surface area contributed by atoms with Crippen molar-refractivity contribution in [1.82, 2.24) is 15.1 Å². The van der Waals surface area contributed by atoms with Gasteiger partial charge in [0.2, 0.25) is 5.91 Å². The van der Waals surface area contributed by atoms with Crippen LogP contribution in [0.1, 0.15) is 18.9 Å². The van der Waals surface area contributed by atoms with Gasteiger partial charge in [0.15, 0.2) is 0 Å². The summed E-state index contributed by atoms with van der Waals surface area (Å²) in [5, 5.41) is 2.98. The fraction of sp³-hybridized carbons (Fsp3) is 0.529. The summed E-state index contributed by atoms with van der Waals surface area (Å²) in [6, 6.07) is 9.70. The van der Waals surface area contributed by atoms with Crippen molar-refractivity contribution >= 4 is 11.9 Å². The van der Waals surface area contributed by atoms with Gasteiger partial charge < -0.3 is 19.9 Å². The van der Waals surface area contributed by atoms with E-state index in [0.717, 1.165) is 5.56 Å². The minimum atomic E-state index is -0.114. The zero-order valence-electron chi connectivity index (χ0n) is 13.4. The summed E-state index contributed by atoms with van der Waals surface area (Å²) >= 11 is 0. The van der Waals surface area contributed by atoms with E-state index in [4.69, 9.17) is 4.74 Å². The van der Waals surface area contributed by atoms with E-state index >= 15 is 0 Å². The maximum Gasteiger partial charge on any atom is 0.317 e. The van der Waals surface area contributed by atoms with Crippen molar-refractivity contribution in [1.29, 1.82) is 0 Å². The minimum absolute atomic E-state index is 0.0642. The Morgan fingerprint density at radius 3 is 2.83 bits per heavy atom. The molecule has 3 rings (SSSR count). The molecule has 23 heavy (non-hydrogen) atoms. The van der Waals surface area contributed by atoms with Crippen LogP contribution in [-0.2, 0) is 16.1 Å². The number of likely N-dealkylation sites (tertiary alicyclic amines) is 1. The Kier molecular flexibility index (Phi) is 4.81. The number of hydrogen-bond acceptors (Lipinski definition) is 3. The molecule has 0 saturated carbocycles. The monoisotopic (exact) mass is 317 g/mol. The summed E-state index contributed by atoms with van der Waals surface area (Å²) in [6.45, 7) is 4.89. The molecular formula is C17H23N3O3. The van der Waals surface area contributed by atoms with E-state index in [9.17, 15) is 9.59 Å². The average molecular weight is 317 g/mol. The molecule has 2 heterocycles. The summed E-state index contributed by atoms with van der Waals surface area (Å²) < 4.78 is 5.44. The quantitative estimate of drug-likeness (QED) is 0.912. The summed E-state index contributed by atoms with van der Waals surface area (Å²) in [4.78, 5) is 28.0. The van der Waals surface area contributed by atoms with Crippen LogP contribution in [0, 0.1) is 0 Å². The minimum Gasteiger partial charge on any atom is -0.375 e. The van der Waals surface area contributed by atoms with Crippen LogP contribution in [0.2, 0.25) is 0 Å². The maximum absolute atomic E-state index is 12.3. The highest BCUT2D eigenvalue weighted by Crippen LogP contribution is 2.15. The summed E-state index contributed by atoms with van der Waals surface area (Å²) in [7, 11) is 0. The van der Waals surface area contributed by atoms with Crippen LogP contribution in [0.3, 0.4) is 0 Å². The molecule has 0 aliphatic carbocycles. The highest BCUT2D eigenvalue weighted by atomic mass is 16.5. The molecule has 6 nitrogen and oxygen atoms in total. The molecule has 0 bridgehead atoms. The molecule has 1 aromatic rings. The van der Waals surface area contributed by atoms with Gasteiger partial charge in [0.25, 0.3) is 0 Å². The Morgan fingerprint density at radius 1 is 1.30 bits per heavy atom. The maximum atomic E-state index is 12.3. The number of amides is 3. The van der Waals surface area contributed by atoms with Crippen molar-refractivity contribution in [3.8, 4) is 0 Å². The molecule has 0 aromatic heterocycles. The third-order valence-electron chi connectivity index (χ3n) is 4.29. The first kappa shape index (κ1) is 15.8. The zero-order valence-corrected chi connectivity index (χ0v) is 13.4. The number of rotatable bonds is 3. The third-order valence-corrected chi connectivity index (χ3v) is 4.29. The number of benzene rings is 1. The van der Waals surface area contributed by atoms with Gasteiger partial charge >= 0.3 is 6.03 Å². The van der Waals surface area contributed by atoms with Crippen molar-refractivity contribution in [3.05, 3.63) is 35.9 Å². The molecule has 124 valence electrons. The molecule has 1 aromatic carbocycles. The van der Waals surface area contributed by atoms with Gasteiger partial charge in [-0.15, -0.1) is 0 Å². The lowest BCUT2D eigenvalue weighted by atomic mass is 10.2. The van der Waals surface area contributed by atoms with Gasteiger partial charge in [0, 0.05) is 32.6 Å². The smallest absolute Gasteiger partial charge is 0.317 e. The molecule has 2 fully saturated rings. The number of carbonyl (C=O) groups is 2. The largest absolute Gasteiger partial charge is 0.375 e. The van der Waals surface area contributed by atoms with E-state index in [1.165, 1.54) is 0 Å². The lowest BCUT2D eigenvalue weighted by Gasteiger charge is -2.32. The molecule has 2 saturated heterocycles. The fourth-order valence-electron chi connectivity index (χ4n) is 3.09. The Balaban J connectivity index is 1.52. The van der Waals surface area contributed by atoms with Crippen molar-refractivity contribution in [2.75, 3.05) is 26.2 Å². The van der Waals surface area contributed by atoms with Crippen LogP contribution < -0.4 is 5.32 Å². The molecular weight excluding hydrogens is 294 g/mol. The van der Waals surface area contributed by atoms with E-state index in [0.29, 0.717) is 39.2 Å². The number of carbonyl (C=O) groups excluding carboxylic acids is 2. The van der Waals surface area contributed by atoms with Gasteiger partial charge in [-0.3, -0.25) is 4.79 Å². The number of hydrogen-bond donors (Lipinski definition) is 1. The highest BCUT2D eigenvalue weighted by Gasteiger charge is 2.32. The second-order valence-corrected chi connectivity index (χ2v) is 6.24. The first-order valence-corrected chi connectivity index (χ1v) is 8.10. The van der Waals surface area contributed by atoms with E-state index in [1.807, 2.05) is 42.2 Å². The molecule has 2 aliphatic heterocycles. The number of nitrogens with one attached hydrogen (secondary N) is 1. The molecule has 2 atom stereocenters. The third kappa shape index (κ3) is 4.01. The first-order valence-electron chi connectivity index (χ1n) is 8.10. The SMILES string of the molecule is C[C@H]1CN(C(=O)N[C@H]2CC(=O)N(Cc3ccccc3)C2)CCO1. The topological polar surface area (TPSA) is 61.9 Å². The van der Waals surface area contributed by atoms with Gasteiger partial charge in [-0.25, -0.2) is 4.79 Å². The molecule has 0 unspecified atom stereocenters. The second-order valence-electron chi connectivity index (χ2n) is 6.24. The highest BCUT2D eigenvalue weighted by molar-refractivity contribution is 5.81. The van der Waals surface area contributed by atoms with Crippen LogP contribution in [0.4, 0.5) is 4.79 Å². The Labute approximate surface area is 136 Å². The number of urea groups is 1. The number of ether oxygens (including phenoxy) is 1. The van der Waals surface area contributed by atoms with Gasteiger partial charge in [0.1, 0.15) is 0 Å². The van der Waals surface area contributed by atoms with Crippen molar-refractivity contribution in [2.24, 2.45) is 0 Å². The molecule has 6 heteroatoms. The number of morpholine rings is 1. The van der Waals surface area contributed by atoms with Crippen LogP contribution in [0.15, 0.2) is 30.3 Å². The van der Waals surface area contributed by atoms with Crippen molar-refractivity contribution in [2.45, 2.75) is 32.0 Å². The summed E-state index contributed by atoms with van der Waals surface area (Å²) in [5.41, 5.74) is 1.11. The molecule has 2 aliphatic rings. The standard InChI is InChI=1S/C17H23N3O3/c1-13-10-19(7-8-23-13)17(22)18-15-9-16(21)20(12-15)11-14-5-3-2-4-6-14/h2-6,13,15H,7-12H2,1H3,(H,18,22)/t13-,15-/m0/s1. The normalized spacial score (nSPS) is 24.8. The number of nitrogens with zero attached hydrogens (tertiary/aromatic N) is 2. The first-order chi connectivity index (χ1) is 11.1. The fourth-order valence-corrected chi connectivity index (χ4v) is 3.09. The van der Waals surface area contributed by atoms with Gasteiger partial charge in [-0.1, -0.05) is 30.3 Å². The van der Waals surface area contributed by atoms with E-state index in [-0.39, 0.29) is 24.1 Å². The lowest BCUT2D eigenvalue weighted by Crippen LogP contribution is -2.51. The predicted octanol–water partition coefficient (Wildman–Crippen LogP) is 1.22. The molecule has 0 radical (unpaired) electrons. The Morgan fingerprint density at radius 2 is 2.09 bits per heavy atom. The van der Waals surface area contributed by atoms with Crippen LogP contribution >= 0.6 is 0 Å². The van der Waals surface area contributed by atoms with Crippen LogP contribution in [0.25, 0.3) is 0 Å². The van der Waals surface area contributed by atoms with Crippen molar-refractivity contribution in [3.63, 3.8) is 0 Å². The predicted molar refractivity (Wildman–Crippen MR) is 85.8 cm³/mol. The van der Waals surface area contributed by atoms with E-state index in [2.05, 4.69) is 5.32 Å². The molecule has 1 N–H and O–H groups in total. The lowest BCUT2D eigenvalue weighted by molar-refractivity contribution is -0.128. The van der Waals surface area contributed by atoms with Gasteiger partial charge in [-0.05, 0) is 12.5 Å². The van der Waals surface area contributed by atoms with Crippen LogP contribution in [0.5, 0.6) is 0 Å². The molecule has 0 spiro atoms. The summed E-state index contributed by atoms with van der Waals surface area (Å²) in [5.74, 6) is 0.0921. The zero-order chi connectivity index (χ0) is 16.2. The van der Waals surface area contributed by atoms with Crippen LogP contribution in [-0.4, -0.2) is 60.1 Å². The van der Waals surface area contributed by atoms with E-state index in [1.54, 1.807) is 4.90 Å². The van der Waals surface area contributed by atoms with E-state index < -0.39 is 0 Å². The van der Waals surface area contributed by atoms with Crippen molar-refractivity contribution < 1.29 is 14.3 Å². The van der Waals surface area contributed by atoms with Gasteiger partial charge in [0.05, 0.1) is 18.8 Å². The Bertz CT molecular complexity index is 563.